The SMILES string of the molecule is CC(C)(C)OC(=O)N(CCc1ccccc1)NC(=O)c1ccc(Cl)c(NC(=O)c2cc3cncnc3[nH]c2=O)c1. The van der Waals surface area contributed by atoms with Gasteiger partial charge in [0.2, 0.25) is 0 Å². The highest BCUT2D eigenvalue weighted by atomic mass is 35.5. The number of ether oxygens (including phenoxy) is 1. The fourth-order valence-electron chi connectivity index (χ4n) is 3.65. The Hall–Kier alpha value is -4.77. The monoisotopic (exact) mass is 562 g/mol. The van der Waals surface area contributed by atoms with Gasteiger partial charge in [0.05, 0.1) is 10.7 Å². The zero-order valence-electron chi connectivity index (χ0n) is 22.0. The first-order chi connectivity index (χ1) is 19.0. The van der Waals surface area contributed by atoms with Crippen molar-refractivity contribution in [3.05, 3.63) is 99.2 Å². The van der Waals surface area contributed by atoms with Gasteiger partial charge in [0.15, 0.2) is 0 Å². The Morgan fingerprint density at radius 1 is 1.05 bits per heavy atom. The minimum Gasteiger partial charge on any atom is -0.442 e. The van der Waals surface area contributed by atoms with Gasteiger partial charge in [-0.2, -0.15) is 0 Å². The number of carbonyl (C=O) groups excluding carboxylic acids is 3. The molecule has 3 N–H and O–H groups in total. The number of aromatic nitrogens is 3. The highest BCUT2D eigenvalue weighted by Crippen LogP contribution is 2.24. The lowest BCUT2D eigenvalue weighted by Gasteiger charge is -2.27. The van der Waals surface area contributed by atoms with Crippen LogP contribution < -0.4 is 16.3 Å². The maximum Gasteiger partial charge on any atom is 0.429 e. The molecule has 0 radical (unpaired) electrons. The van der Waals surface area contributed by atoms with E-state index >= 15 is 0 Å². The Labute approximate surface area is 234 Å². The molecule has 40 heavy (non-hydrogen) atoms. The molecule has 0 unspecified atom stereocenters. The molecule has 11 nitrogen and oxygen atoms in total. The van der Waals surface area contributed by atoms with Crippen molar-refractivity contribution in [3.63, 3.8) is 0 Å². The number of H-pyrrole nitrogens is 1. The first-order valence-electron chi connectivity index (χ1n) is 12.3. The molecule has 0 saturated heterocycles. The number of amides is 3. The first kappa shape index (κ1) is 28.2. The summed E-state index contributed by atoms with van der Waals surface area (Å²) in [7, 11) is 0. The van der Waals surface area contributed by atoms with Crippen LogP contribution in [0.4, 0.5) is 10.5 Å². The Morgan fingerprint density at radius 3 is 2.52 bits per heavy atom. The van der Waals surface area contributed by atoms with Crippen LogP contribution >= 0.6 is 11.6 Å². The summed E-state index contributed by atoms with van der Waals surface area (Å²) in [4.78, 5) is 61.8. The fraction of sp³-hybridized carbons (Fsp3) is 0.214. The third-order valence-corrected chi connectivity index (χ3v) is 5.89. The molecular weight excluding hydrogens is 536 g/mol. The number of fused-ring (bicyclic) bond motifs is 1. The van der Waals surface area contributed by atoms with E-state index in [1.54, 1.807) is 20.8 Å². The first-order valence-corrected chi connectivity index (χ1v) is 12.7. The van der Waals surface area contributed by atoms with Gasteiger partial charge in [0.25, 0.3) is 17.4 Å². The molecule has 2 aromatic carbocycles. The van der Waals surface area contributed by atoms with E-state index in [1.165, 1.54) is 36.8 Å². The van der Waals surface area contributed by atoms with E-state index in [9.17, 15) is 19.2 Å². The van der Waals surface area contributed by atoms with Crippen molar-refractivity contribution in [2.75, 3.05) is 11.9 Å². The Kier molecular flexibility index (Phi) is 8.44. The number of anilines is 1. The standard InChI is InChI=1S/C28H27ClN6O5/c1-28(2,3)40-27(39)35(12-11-17-7-5-4-6-8-17)34-24(36)18-9-10-21(29)22(14-18)32-25(37)20-13-19-15-30-16-31-23(19)33-26(20)38/h4-10,13-16H,11-12H2,1-3H3,(H,32,37)(H,34,36)(H,30,31,33,38). The second-order valence-electron chi connectivity index (χ2n) is 9.80. The third kappa shape index (κ3) is 7.20. The van der Waals surface area contributed by atoms with Gasteiger partial charge in [-0.25, -0.2) is 19.8 Å². The average Bonchev–Trinajstić information content (AvgIpc) is 2.91. The van der Waals surface area contributed by atoms with Crippen molar-refractivity contribution in [1.82, 2.24) is 25.4 Å². The Bertz CT molecular complexity index is 1620. The lowest BCUT2D eigenvalue weighted by atomic mass is 10.1. The maximum atomic E-state index is 13.2. The van der Waals surface area contributed by atoms with E-state index in [-0.39, 0.29) is 34.0 Å². The number of rotatable bonds is 6. The number of hydrazine groups is 1. The van der Waals surface area contributed by atoms with E-state index in [0.29, 0.717) is 11.8 Å². The zero-order chi connectivity index (χ0) is 28.9. The van der Waals surface area contributed by atoms with Gasteiger partial charge in [-0.05, 0) is 57.0 Å². The molecule has 0 fully saturated rings. The van der Waals surface area contributed by atoms with Crippen molar-refractivity contribution in [2.24, 2.45) is 0 Å². The summed E-state index contributed by atoms with van der Waals surface area (Å²) in [5, 5.41) is 4.27. The van der Waals surface area contributed by atoms with Gasteiger partial charge in [-0.3, -0.25) is 19.8 Å². The minimum atomic E-state index is -0.780. The number of hydrogen-bond acceptors (Lipinski definition) is 7. The molecule has 3 amide bonds. The van der Waals surface area contributed by atoms with E-state index in [2.05, 4.69) is 25.7 Å². The van der Waals surface area contributed by atoms with Crippen molar-refractivity contribution >= 4 is 46.2 Å². The van der Waals surface area contributed by atoms with Crippen molar-refractivity contribution in [2.45, 2.75) is 32.8 Å². The van der Waals surface area contributed by atoms with E-state index in [0.717, 1.165) is 10.6 Å². The summed E-state index contributed by atoms with van der Waals surface area (Å²) in [5.41, 5.74) is 2.41. The predicted molar refractivity (Wildman–Crippen MR) is 150 cm³/mol. The molecule has 4 aromatic rings. The number of halogens is 1. The maximum absolute atomic E-state index is 13.2. The quantitative estimate of drug-likeness (QED) is 0.296. The van der Waals surface area contributed by atoms with Crippen molar-refractivity contribution in [1.29, 1.82) is 0 Å². The molecule has 2 heterocycles. The molecule has 12 heteroatoms. The lowest BCUT2D eigenvalue weighted by Crippen LogP contribution is -2.49. The Morgan fingerprint density at radius 2 is 1.80 bits per heavy atom. The number of pyridine rings is 1. The molecule has 206 valence electrons. The smallest absolute Gasteiger partial charge is 0.429 e. The van der Waals surface area contributed by atoms with E-state index < -0.39 is 29.1 Å². The molecule has 0 aliphatic rings. The van der Waals surface area contributed by atoms with Crippen molar-refractivity contribution < 1.29 is 19.1 Å². The zero-order valence-corrected chi connectivity index (χ0v) is 22.8. The largest absolute Gasteiger partial charge is 0.442 e. The highest BCUT2D eigenvalue weighted by Gasteiger charge is 2.24. The van der Waals surface area contributed by atoms with Crippen LogP contribution in [0.3, 0.4) is 0 Å². The van der Waals surface area contributed by atoms with Gasteiger partial charge >= 0.3 is 6.09 Å². The van der Waals surface area contributed by atoms with Gasteiger partial charge in [0, 0.05) is 23.7 Å². The second kappa shape index (κ2) is 12.0. The molecular formula is C28H27ClN6O5. The van der Waals surface area contributed by atoms with Crippen molar-refractivity contribution in [3.8, 4) is 0 Å². The van der Waals surface area contributed by atoms with Crippen LogP contribution in [-0.4, -0.2) is 50.0 Å². The second-order valence-corrected chi connectivity index (χ2v) is 10.2. The van der Waals surface area contributed by atoms with Gasteiger partial charge in [-0.15, -0.1) is 0 Å². The van der Waals surface area contributed by atoms with Crippen LogP contribution in [0, 0.1) is 0 Å². The fourth-order valence-corrected chi connectivity index (χ4v) is 3.81. The van der Waals surface area contributed by atoms with Crippen LogP contribution in [-0.2, 0) is 11.2 Å². The van der Waals surface area contributed by atoms with Gasteiger partial charge < -0.3 is 15.0 Å². The molecule has 0 bridgehead atoms. The molecule has 4 rings (SSSR count). The number of nitrogens with zero attached hydrogens (tertiary/aromatic N) is 3. The molecule has 0 spiro atoms. The normalized spacial score (nSPS) is 11.1. The summed E-state index contributed by atoms with van der Waals surface area (Å²) in [6.45, 7) is 5.33. The molecule has 0 aliphatic carbocycles. The molecule has 0 saturated carbocycles. The van der Waals surface area contributed by atoms with E-state index in [4.69, 9.17) is 16.3 Å². The summed E-state index contributed by atoms with van der Waals surface area (Å²) in [6, 6.07) is 15.1. The Balaban J connectivity index is 1.53. The summed E-state index contributed by atoms with van der Waals surface area (Å²) in [6.07, 6.45) is 2.48. The summed E-state index contributed by atoms with van der Waals surface area (Å²) < 4.78 is 5.46. The summed E-state index contributed by atoms with van der Waals surface area (Å²) in [5.74, 6) is -1.38. The summed E-state index contributed by atoms with van der Waals surface area (Å²) >= 11 is 6.28. The van der Waals surface area contributed by atoms with Gasteiger partial charge in [-0.1, -0.05) is 41.9 Å². The minimum absolute atomic E-state index is 0.0937. The lowest BCUT2D eigenvalue weighted by molar-refractivity contribution is 0.0136. The molecule has 0 aliphatic heterocycles. The predicted octanol–water partition coefficient (Wildman–Crippen LogP) is 4.35. The highest BCUT2D eigenvalue weighted by molar-refractivity contribution is 6.34. The van der Waals surface area contributed by atoms with Crippen LogP contribution in [0.5, 0.6) is 0 Å². The topological polar surface area (TPSA) is 146 Å². The van der Waals surface area contributed by atoms with Gasteiger partial charge in [0.1, 0.15) is 23.1 Å². The molecule has 2 aromatic heterocycles. The van der Waals surface area contributed by atoms with Crippen LogP contribution in [0.2, 0.25) is 5.02 Å². The molecule has 0 atom stereocenters. The van der Waals surface area contributed by atoms with Crippen LogP contribution in [0.25, 0.3) is 11.0 Å². The average molecular weight is 563 g/mol. The number of aromatic amines is 1. The van der Waals surface area contributed by atoms with E-state index in [1.807, 2.05) is 30.3 Å². The number of benzene rings is 2. The van der Waals surface area contributed by atoms with Crippen LogP contribution in [0.15, 0.2) is 71.9 Å². The van der Waals surface area contributed by atoms with Crippen LogP contribution in [0.1, 0.15) is 47.1 Å². The number of carbonyl (C=O) groups is 3. The number of hydrogen-bond donors (Lipinski definition) is 3. The number of nitrogens with one attached hydrogen (secondary N) is 3. The third-order valence-electron chi connectivity index (χ3n) is 5.56.